The van der Waals surface area contributed by atoms with Crippen LogP contribution < -0.4 is 4.31 Å². The summed E-state index contributed by atoms with van der Waals surface area (Å²) in [5.41, 5.74) is 1.74. The van der Waals surface area contributed by atoms with E-state index in [-0.39, 0.29) is 10.6 Å². The first kappa shape index (κ1) is 14.9. The predicted octanol–water partition coefficient (Wildman–Crippen LogP) is 3.04. The van der Waals surface area contributed by atoms with Gasteiger partial charge in [0.05, 0.1) is 21.7 Å². The summed E-state index contributed by atoms with van der Waals surface area (Å²) in [5.74, 6) is 0.138. The molecule has 110 valence electrons. The molecular formula is C14H9N3O2S3. The van der Waals surface area contributed by atoms with Crippen molar-refractivity contribution in [2.45, 2.75) is 9.10 Å². The highest BCUT2D eigenvalue weighted by molar-refractivity contribution is 8.02. The van der Waals surface area contributed by atoms with Crippen LogP contribution in [-0.2, 0) is 10.0 Å². The lowest BCUT2D eigenvalue weighted by molar-refractivity contribution is 0.592. The molecule has 1 aromatic heterocycles. The van der Waals surface area contributed by atoms with Crippen LogP contribution in [0, 0.1) is 22.7 Å². The third-order valence-electron chi connectivity index (χ3n) is 3.33. The third-order valence-corrected chi connectivity index (χ3v) is 7.67. The Balaban J connectivity index is 2.39. The summed E-state index contributed by atoms with van der Waals surface area (Å²) < 4.78 is 27.3. The number of fused-ring (bicyclic) bond motifs is 3. The minimum absolute atomic E-state index is 0.138. The fourth-order valence-electron chi connectivity index (χ4n) is 2.37. The van der Waals surface area contributed by atoms with Crippen LogP contribution >= 0.6 is 23.1 Å². The Kier molecular flexibility index (Phi) is 3.61. The highest BCUT2D eigenvalue weighted by atomic mass is 32.2. The Morgan fingerprint density at radius 3 is 2.73 bits per heavy atom. The van der Waals surface area contributed by atoms with Crippen LogP contribution in [0.5, 0.6) is 0 Å². The SMILES string of the molecule is CN1c2ccccc2-c2c(C#N)sc(SCC#N)c2S1(=O)=O. The van der Waals surface area contributed by atoms with Gasteiger partial charge in [-0.15, -0.1) is 11.3 Å². The molecule has 22 heavy (non-hydrogen) atoms. The maximum atomic E-state index is 12.8. The van der Waals surface area contributed by atoms with Gasteiger partial charge in [0.25, 0.3) is 10.0 Å². The van der Waals surface area contributed by atoms with E-state index in [2.05, 4.69) is 6.07 Å². The van der Waals surface area contributed by atoms with Crippen molar-refractivity contribution in [3.05, 3.63) is 29.1 Å². The van der Waals surface area contributed by atoms with Crippen molar-refractivity contribution in [1.29, 1.82) is 10.5 Å². The van der Waals surface area contributed by atoms with E-state index in [1.165, 1.54) is 11.4 Å². The van der Waals surface area contributed by atoms with E-state index in [9.17, 15) is 13.7 Å². The minimum Gasteiger partial charge on any atom is -0.269 e. The lowest BCUT2D eigenvalue weighted by Gasteiger charge is -2.27. The number of rotatable bonds is 2. The average molecular weight is 347 g/mol. The maximum absolute atomic E-state index is 12.8. The molecule has 8 heteroatoms. The second kappa shape index (κ2) is 5.33. The van der Waals surface area contributed by atoms with Gasteiger partial charge in [0, 0.05) is 18.2 Å². The topological polar surface area (TPSA) is 85.0 Å². The van der Waals surface area contributed by atoms with Gasteiger partial charge < -0.3 is 0 Å². The molecule has 3 rings (SSSR count). The van der Waals surface area contributed by atoms with Gasteiger partial charge in [-0.2, -0.15) is 10.5 Å². The van der Waals surface area contributed by atoms with E-state index in [0.717, 1.165) is 28.7 Å². The van der Waals surface area contributed by atoms with Gasteiger partial charge in [-0.3, -0.25) is 4.31 Å². The first-order chi connectivity index (χ1) is 10.5. The summed E-state index contributed by atoms with van der Waals surface area (Å²) in [5, 5.41) is 18.1. The molecule has 2 heterocycles. The Hall–Kier alpha value is -2.00. The zero-order valence-electron chi connectivity index (χ0n) is 11.4. The first-order valence-corrected chi connectivity index (χ1v) is 9.41. The number of nitrogens with zero attached hydrogens (tertiary/aromatic N) is 3. The van der Waals surface area contributed by atoms with Crippen LogP contribution in [0.15, 0.2) is 33.4 Å². The fourth-order valence-corrected chi connectivity index (χ4v) is 6.57. The van der Waals surface area contributed by atoms with Crippen molar-refractivity contribution in [3.8, 4) is 23.3 Å². The zero-order valence-corrected chi connectivity index (χ0v) is 13.8. The van der Waals surface area contributed by atoms with Gasteiger partial charge in [-0.25, -0.2) is 8.42 Å². The Morgan fingerprint density at radius 1 is 1.32 bits per heavy atom. The van der Waals surface area contributed by atoms with E-state index < -0.39 is 10.0 Å². The van der Waals surface area contributed by atoms with E-state index in [1.807, 2.05) is 18.2 Å². The smallest absolute Gasteiger partial charge is 0.266 e. The van der Waals surface area contributed by atoms with Crippen molar-refractivity contribution < 1.29 is 8.42 Å². The van der Waals surface area contributed by atoms with Crippen molar-refractivity contribution in [2.24, 2.45) is 0 Å². The number of thioether (sulfide) groups is 1. The Morgan fingerprint density at radius 2 is 2.05 bits per heavy atom. The molecule has 0 amide bonds. The molecule has 0 saturated carbocycles. The van der Waals surface area contributed by atoms with Gasteiger partial charge in [0.1, 0.15) is 15.8 Å². The summed E-state index contributed by atoms with van der Waals surface area (Å²) in [7, 11) is -2.22. The molecule has 0 atom stereocenters. The molecule has 0 saturated heterocycles. The number of nitriles is 2. The number of hydrogen-bond acceptors (Lipinski definition) is 6. The molecule has 0 unspecified atom stereocenters. The quantitative estimate of drug-likeness (QED) is 0.780. The third kappa shape index (κ3) is 2.00. The summed E-state index contributed by atoms with van der Waals surface area (Å²) in [6.07, 6.45) is 0. The van der Waals surface area contributed by atoms with Crippen LogP contribution in [0.3, 0.4) is 0 Å². The number of hydrogen-bond donors (Lipinski definition) is 0. The number of thiophene rings is 1. The summed E-state index contributed by atoms with van der Waals surface area (Å²) in [6.45, 7) is 0. The first-order valence-electron chi connectivity index (χ1n) is 6.17. The zero-order chi connectivity index (χ0) is 15.9. The molecule has 0 radical (unpaired) electrons. The molecule has 2 aromatic rings. The van der Waals surface area contributed by atoms with Gasteiger partial charge in [-0.05, 0) is 6.07 Å². The van der Waals surface area contributed by atoms with E-state index in [0.29, 0.717) is 20.3 Å². The molecule has 0 spiro atoms. The average Bonchev–Trinajstić information content (AvgIpc) is 2.90. The molecule has 0 N–H and O–H groups in total. The monoisotopic (exact) mass is 347 g/mol. The highest BCUT2D eigenvalue weighted by Gasteiger charge is 2.38. The highest BCUT2D eigenvalue weighted by Crippen LogP contribution is 2.51. The lowest BCUT2D eigenvalue weighted by atomic mass is 10.0. The van der Waals surface area contributed by atoms with Crippen molar-refractivity contribution in [3.63, 3.8) is 0 Å². The van der Waals surface area contributed by atoms with Gasteiger partial charge in [0.2, 0.25) is 0 Å². The molecule has 0 fully saturated rings. The standard InChI is InChI=1S/C14H9N3O2S3/c1-17-10-5-3-2-4-9(10)12-11(8-16)21-14(20-7-6-15)13(12)22(17,18)19/h2-5H,7H2,1H3. The molecule has 5 nitrogen and oxygen atoms in total. The molecular weight excluding hydrogens is 338 g/mol. The minimum atomic E-state index is -3.72. The van der Waals surface area contributed by atoms with Crippen molar-refractivity contribution >= 4 is 38.8 Å². The van der Waals surface area contributed by atoms with Crippen molar-refractivity contribution in [2.75, 3.05) is 17.1 Å². The van der Waals surface area contributed by atoms with E-state index >= 15 is 0 Å². The molecule has 0 bridgehead atoms. The Bertz CT molecular complexity index is 949. The lowest BCUT2D eigenvalue weighted by Crippen LogP contribution is -2.30. The molecule has 1 aromatic carbocycles. The van der Waals surface area contributed by atoms with Crippen LogP contribution in [0.25, 0.3) is 11.1 Å². The second-order valence-corrected chi connectivity index (χ2v) is 8.64. The Labute approximate surface area is 136 Å². The summed E-state index contributed by atoms with van der Waals surface area (Å²) in [6, 6.07) is 11.2. The van der Waals surface area contributed by atoms with Crippen LogP contribution in [0.4, 0.5) is 5.69 Å². The van der Waals surface area contributed by atoms with E-state index in [1.54, 1.807) is 12.1 Å². The van der Waals surface area contributed by atoms with Gasteiger partial charge >= 0.3 is 0 Å². The largest absolute Gasteiger partial charge is 0.269 e. The van der Waals surface area contributed by atoms with Gasteiger partial charge in [-0.1, -0.05) is 30.0 Å². The number of sulfonamides is 1. The van der Waals surface area contributed by atoms with Gasteiger partial charge in [0.15, 0.2) is 0 Å². The van der Waals surface area contributed by atoms with Crippen LogP contribution in [-0.4, -0.2) is 21.2 Å². The van der Waals surface area contributed by atoms with Crippen molar-refractivity contribution in [1.82, 2.24) is 0 Å². The van der Waals surface area contributed by atoms with Crippen LogP contribution in [0.2, 0.25) is 0 Å². The summed E-state index contributed by atoms with van der Waals surface area (Å²) in [4.78, 5) is 0.509. The molecule has 1 aliphatic heterocycles. The fraction of sp³-hybridized carbons (Fsp3) is 0.143. The number of anilines is 1. The summed E-state index contributed by atoms with van der Waals surface area (Å²) >= 11 is 2.28. The second-order valence-electron chi connectivity index (χ2n) is 4.47. The number of benzene rings is 1. The van der Waals surface area contributed by atoms with Crippen LogP contribution in [0.1, 0.15) is 4.88 Å². The molecule has 0 aliphatic carbocycles. The maximum Gasteiger partial charge on any atom is 0.266 e. The normalized spacial score (nSPS) is 14.6. The van der Waals surface area contributed by atoms with E-state index in [4.69, 9.17) is 5.26 Å². The molecule has 1 aliphatic rings. The predicted molar refractivity (Wildman–Crippen MR) is 86.4 cm³/mol. The number of para-hydroxylation sites is 1.